The number of benzene rings is 1. The van der Waals surface area contributed by atoms with Crippen LogP contribution in [0.1, 0.15) is 5.56 Å². The van der Waals surface area contributed by atoms with Gasteiger partial charge in [-0.25, -0.2) is 8.78 Å². The fourth-order valence-electron chi connectivity index (χ4n) is 1.81. The first-order chi connectivity index (χ1) is 9.04. The number of alkyl halides is 1. The van der Waals surface area contributed by atoms with Crippen LogP contribution in [0.15, 0.2) is 54.4 Å². The molecule has 0 saturated heterocycles. The number of hydrogen-bond donors (Lipinski definition) is 1. The highest BCUT2D eigenvalue weighted by Gasteiger charge is 2.45. The number of amides is 1. The van der Waals surface area contributed by atoms with Crippen LogP contribution in [-0.4, -0.2) is 17.7 Å². The minimum absolute atomic E-state index is 0.00397. The first-order valence-corrected chi connectivity index (χ1v) is 5.73. The Morgan fingerprint density at radius 2 is 2.05 bits per heavy atom. The zero-order valence-electron chi connectivity index (χ0n) is 10.1. The Balaban J connectivity index is 2.18. The van der Waals surface area contributed by atoms with E-state index in [1.54, 1.807) is 24.3 Å². The number of allylic oxidation sites excluding steroid dienone is 2. The van der Waals surface area contributed by atoms with E-state index in [1.807, 2.05) is 6.07 Å². The third-order valence-electron chi connectivity index (χ3n) is 2.91. The van der Waals surface area contributed by atoms with Crippen molar-refractivity contribution in [3.8, 4) is 0 Å². The molecule has 100 valence electrons. The summed E-state index contributed by atoms with van der Waals surface area (Å²) in [5.41, 5.74) is 4.01. The lowest BCUT2D eigenvalue weighted by atomic mass is 9.92. The van der Waals surface area contributed by atoms with E-state index in [2.05, 4.69) is 0 Å². The number of hydrogen-bond acceptors (Lipinski definition) is 2. The maximum atomic E-state index is 13.9. The van der Waals surface area contributed by atoms with Crippen LogP contribution in [0.3, 0.4) is 0 Å². The molecule has 0 fully saturated rings. The standard InChI is InChI=1S/C14H13F2NO2/c15-11-6-7-14(13(17)18,12(16)8-11)19-9-10-4-2-1-3-5-10/h1-8,12H,9H2,(H2,17,18). The Bertz CT molecular complexity index is 528. The summed E-state index contributed by atoms with van der Waals surface area (Å²) in [6, 6.07) is 8.94. The van der Waals surface area contributed by atoms with Crippen LogP contribution >= 0.6 is 0 Å². The third kappa shape index (κ3) is 2.71. The number of nitrogens with two attached hydrogens (primary N) is 1. The topological polar surface area (TPSA) is 52.3 Å². The summed E-state index contributed by atoms with van der Waals surface area (Å²) in [6.07, 6.45) is 0.735. The number of carbonyl (C=O) groups excluding carboxylic acids is 1. The Hall–Kier alpha value is -2.01. The summed E-state index contributed by atoms with van der Waals surface area (Å²) in [5, 5.41) is 0. The number of rotatable bonds is 4. The normalized spacial score (nSPS) is 26.0. The molecule has 0 radical (unpaired) electrons. The maximum absolute atomic E-state index is 13.9. The highest BCUT2D eigenvalue weighted by molar-refractivity contribution is 5.87. The van der Waals surface area contributed by atoms with Gasteiger partial charge in [-0.05, 0) is 23.8 Å². The van der Waals surface area contributed by atoms with Crippen LogP contribution in [0.5, 0.6) is 0 Å². The SMILES string of the molecule is NC(=O)C1(OCc2ccccc2)C=CC(F)=CC1F. The minimum atomic E-state index is -1.95. The summed E-state index contributed by atoms with van der Waals surface area (Å²) in [4.78, 5) is 11.5. The number of halogens is 2. The van der Waals surface area contributed by atoms with Crippen LogP contribution < -0.4 is 5.73 Å². The molecule has 1 aliphatic rings. The lowest BCUT2D eigenvalue weighted by molar-refractivity contribution is -0.145. The lowest BCUT2D eigenvalue weighted by Gasteiger charge is -2.31. The van der Waals surface area contributed by atoms with E-state index in [1.165, 1.54) is 0 Å². The molecule has 1 aromatic carbocycles. The molecule has 2 unspecified atom stereocenters. The van der Waals surface area contributed by atoms with Crippen LogP contribution in [0.2, 0.25) is 0 Å². The summed E-state index contributed by atoms with van der Waals surface area (Å²) in [7, 11) is 0. The second-order valence-electron chi connectivity index (χ2n) is 4.22. The third-order valence-corrected chi connectivity index (χ3v) is 2.91. The van der Waals surface area contributed by atoms with Crippen molar-refractivity contribution in [3.05, 3.63) is 60.0 Å². The number of ether oxygens (including phenoxy) is 1. The largest absolute Gasteiger partial charge is 0.367 e. The zero-order valence-corrected chi connectivity index (χ0v) is 10.1. The Morgan fingerprint density at radius 3 is 2.63 bits per heavy atom. The Kier molecular flexibility index (Phi) is 3.76. The Labute approximate surface area is 109 Å². The van der Waals surface area contributed by atoms with E-state index >= 15 is 0 Å². The fraction of sp³-hybridized carbons (Fsp3) is 0.214. The minimum Gasteiger partial charge on any atom is -0.367 e. The second-order valence-corrected chi connectivity index (χ2v) is 4.22. The van der Waals surface area contributed by atoms with Crippen molar-refractivity contribution in [1.82, 2.24) is 0 Å². The first-order valence-electron chi connectivity index (χ1n) is 5.73. The molecule has 2 N–H and O–H groups in total. The summed E-state index contributed by atoms with van der Waals surface area (Å²) < 4.78 is 32.2. The molecule has 19 heavy (non-hydrogen) atoms. The van der Waals surface area contributed by atoms with Crippen LogP contribution in [-0.2, 0) is 16.1 Å². The van der Waals surface area contributed by atoms with E-state index in [-0.39, 0.29) is 6.61 Å². The van der Waals surface area contributed by atoms with Crippen molar-refractivity contribution in [2.24, 2.45) is 5.73 Å². The smallest absolute Gasteiger partial charge is 0.257 e. The number of carbonyl (C=O) groups is 1. The highest BCUT2D eigenvalue weighted by atomic mass is 19.1. The molecule has 5 heteroatoms. The van der Waals surface area contributed by atoms with Gasteiger partial charge >= 0.3 is 0 Å². The summed E-state index contributed by atoms with van der Waals surface area (Å²) in [5.74, 6) is -1.75. The van der Waals surface area contributed by atoms with Gasteiger partial charge in [0.1, 0.15) is 5.83 Å². The molecular weight excluding hydrogens is 252 g/mol. The predicted molar refractivity (Wildman–Crippen MR) is 66.4 cm³/mol. The van der Waals surface area contributed by atoms with Gasteiger partial charge < -0.3 is 10.5 Å². The molecule has 0 bridgehead atoms. The van der Waals surface area contributed by atoms with Crippen molar-refractivity contribution in [1.29, 1.82) is 0 Å². The van der Waals surface area contributed by atoms with Crippen molar-refractivity contribution in [2.45, 2.75) is 18.4 Å². The van der Waals surface area contributed by atoms with Crippen molar-refractivity contribution in [3.63, 3.8) is 0 Å². The van der Waals surface area contributed by atoms with Crippen LogP contribution in [0.25, 0.3) is 0 Å². The van der Waals surface area contributed by atoms with Gasteiger partial charge in [0, 0.05) is 0 Å². The van der Waals surface area contributed by atoms with Crippen molar-refractivity contribution < 1.29 is 18.3 Å². The maximum Gasteiger partial charge on any atom is 0.257 e. The Morgan fingerprint density at radius 1 is 1.37 bits per heavy atom. The van der Waals surface area contributed by atoms with E-state index < -0.39 is 23.5 Å². The summed E-state index contributed by atoms with van der Waals surface area (Å²) >= 11 is 0. The van der Waals surface area contributed by atoms with Gasteiger partial charge in [0.25, 0.3) is 5.91 Å². The van der Waals surface area contributed by atoms with Gasteiger partial charge in [-0.3, -0.25) is 4.79 Å². The van der Waals surface area contributed by atoms with Crippen molar-refractivity contribution in [2.75, 3.05) is 0 Å². The average molecular weight is 265 g/mol. The van der Waals surface area contributed by atoms with Crippen molar-refractivity contribution >= 4 is 5.91 Å². The van der Waals surface area contributed by atoms with Gasteiger partial charge in [0.2, 0.25) is 0 Å². The monoisotopic (exact) mass is 265 g/mol. The molecule has 0 heterocycles. The predicted octanol–water partition coefficient (Wildman–Crippen LogP) is 2.19. The van der Waals surface area contributed by atoms with Gasteiger partial charge in [-0.2, -0.15) is 0 Å². The molecule has 1 aromatic rings. The first kappa shape index (κ1) is 13.4. The molecule has 3 nitrogen and oxygen atoms in total. The molecule has 0 aliphatic heterocycles. The molecule has 1 amide bonds. The molecule has 2 atom stereocenters. The number of primary amides is 1. The molecule has 1 aliphatic carbocycles. The van der Waals surface area contributed by atoms with Gasteiger partial charge in [-0.1, -0.05) is 30.3 Å². The molecule has 2 rings (SSSR count). The van der Waals surface area contributed by atoms with Crippen LogP contribution in [0, 0.1) is 0 Å². The van der Waals surface area contributed by atoms with E-state index in [0.29, 0.717) is 6.08 Å². The zero-order chi connectivity index (χ0) is 13.9. The second kappa shape index (κ2) is 5.32. The summed E-state index contributed by atoms with van der Waals surface area (Å²) in [6.45, 7) is 0.00397. The molecule has 0 saturated carbocycles. The lowest BCUT2D eigenvalue weighted by Crippen LogP contribution is -2.52. The van der Waals surface area contributed by atoms with E-state index in [0.717, 1.165) is 17.7 Å². The van der Waals surface area contributed by atoms with Gasteiger partial charge in [0.05, 0.1) is 6.61 Å². The molecule has 0 spiro atoms. The quantitative estimate of drug-likeness (QED) is 0.907. The molecular formula is C14H13F2NO2. The molecule has 0 aromatic heterocycles. The van der Waals surface area contributed by atoms with Gasteiger partial charge in [-0.15, -0.1) is 0 Å². The van der Waals surface area contributed by atoms with Crippen LogP contribution in [0.4, 0.5) is 8.78 Å². The average Bonchev–Trinajstić information content (AvgIpc) is 2.39. The highest BCUT2D eigenvalue weighted by Crippen LogP contribution is 2.29. The van der Waals surface area contributed by atoms with Gasteiger partial charge in [0.15, 0.2) is 11.8 Å². The fourth-order valence-corrected chi connectivity index (χ4v) is 1.81. The van der Waals surface area contributed by atoms with E-state index in [9.17, 15) is 13.6 Å². The van der Waals surface area contributed by atoms with E-state index in [4.69, 9.17) is 10.5 Å².